The van der Waals surface area contributed by atoms with Crippen molar-refractivity contribution in [2.45, 2.75) is 44.5 Å². The van der Waals surface area contributed by atoms with Crippen LogP contribution in [-0.4, -0.2) is 34.4 Å². The molecule has 0 amide bonds. The van der Waals surface area contributed by atoms with E-state index < -0.39 is 12.2 Å². The van der Waals surface area contributed by atoms with Crippen LogP contribution >= 0.6 is 23.4 Å². The maximum absolute atomic E-state index is 12.7. The first-order valence-electron chi connectivity index (χ1n) is 7.61. The van der Waals surface area contributed by atoms with Crippen LogP contribution in [0.3, 0.4) is 0 Å². The minimum atomic E-state index is -2.47. The summed E-state index contributed by atoms with van der Waals surface area (Å²) in [5.41, 5.74) is 0.164. The molecule has 0 aliphatic heterocycles. The highest BCUT2D eigenvalue weighted by Crippen LogP contribution is 2.22. The van der Waals surface area contributed by atoms with E-state index in [1.54, 1.807) is 18.2 Å². The van der Waals surface area contributed by atoms with Gasteiger partial charge in [-0.2, -0.15) is 0 Å². The van der Waals surface area contributed by atoms with E-state index in [0.717, 1.165) is 11.8 Å². The van der Waals surface area contributed by atoms with Gasteiger partial charge >= 0.3 is 0 Å². The average Bonchev–Trinajstić information content (AvgIpc) is 2.50. The van der Waals surface area contributed by atoms with Gasteiger partial charge in [-0.1, -0.05) is 23.4 Å². The molecule has 0 aliphatic rings. The molecule has 1 heterocycles. The number of halogens is 3. The first kappa shape index (κ1) is 19.1. The van der Waals surface area contributed by atoms with Crippen molar-refractivity contribution in [1.29, 1.82) is 0 Å². The van der Waals surface area contributed by atoms with Gasteiger partial charge in [0.2, 0.25) is 6.43 Å². The van der Waals surface area contributed by atoms with Crippen LogP contribution in [0, 0.1) is 0 Å². The van der Waals surface area contributed by atoms with Gasteiger partial charge in [0.05, 0.1) is 22.8 Å². The number of benzene rings is 1. The van der Waals surface area contributed by atoms with E-state index in [0.29, 0.717) is 35.5 Å². The van der Waals surface area contributed by atoms with Gasteiger partial charge in [0.25, 0.3) is 5.56 Å². The third-order valence-electron chi connectivity index (χ3n) is 3.20. The molecule has 0 saturated heterocycles. The van der Waals surface area contributed by atoms with Crippen molar-refractivity contribution >= 4 is 34.3 Å². The topological polar surface area (TPSA) is 44.1 Å². The van der Waals surface area contributed by atoms with E-state index in [-0.39, 0.29) is 16.8 Å². The standard InChI is InChI=1S/C16H19ClF2N2O2S/c1-10(2)23-7-3-6-21-15(22)12-5-4-11(17)8-13(12)20-16(21)24-9-14(18)19/h4-5,8,10,14H,3,6-7,9H2,1-2H3. The highest BCUT2D eigenvalue weighted by Gasteiger charge is 2.14. The molecule has 8 heteroatoms. The molecular formula is C16H19ClF2N2O2S. The average molecular weight is 377 g/mol. The van der Waals surface area contributed by atoms with Gasteiger partial charge in [-0.25, -0.2) is 13.8 Å². The second-order valence-electron chi connectivity index (χ2n) is 5.49. The molecule has 0 atom stereocenters. The Labute approximate surface area is 148 Å². The van der Waals surface area contributed by atoms with Crippen LogP contribution in [0.2, 0.25) is 5.02 Å². The van der Waals surface area contributed by atoms with Crippen molar-refractivity contribution in [3.8, 4) is 0 Å². The van der Waals surface area contributed by atoms with E-state index in [1.807, 2.05) is 13.8 Å². The summed E-state index contributed by atoms with van der Waals surface area (Å²) in [6.07, 6.45) is -1.77. The fourth-order valence-electron chi connectivity index (χ4n) is 2.16. The highest BCUT2D eigenvalue weighted by molar-refractivity contribution is 7.99. The molecule has 4 nitrogen and oxygen atoms in total. The number of nitrogens with zero attached hydrogens (tertiary/aromatic N) is 2. The Kier molecular flexibility index (Phi) is 7.01. The molecule has 0 bridgehead atoms. The van der Waals surface area contributed by atoms with Crippen LogP contribution in [0.1, 0.15) is 20.3 Å². The lowest BCUT2D eigenvalue weighted by molar-refractivity contribution is 0.0743. The van der Waals surface area contributed by atoms with Crippen molar-refractivity contribution < 1.29 is 13.5 Å². The smallest absolute Gasteiger partial charge is 0.262 e. The highest BCUT2D eigenvalue weighted by atomic mass is 35.5. The summed E-state index contributed by atoms with van der Waals surface area (Å²) in [6, 6.07) is 4.79. The fraction of sp³-hybridized carbons (Fsp3) is 0.500. The summed E-state index contributed by atoms with van der Waals surface area (Å²) in [7, 11) is 0. The maximum Gasteiger partial charge on any atom is 0.262 e. The lowest BCUT2D eigenvalue weighted by Gasteiger charge is -2.14. The second kappa shape index (κ2) is 8.78. The number of hydrogen-bond donors (Lipinski definition) is 0. The summed E-state index contributed by atoms with van der Waals surface area (Å²) in [6.45, 7) is 4.71. The molecule has 0 N–H and O–H groups in total. The normalized spacial score (nSPS) is 11.8. The maximum atomic E-state index is 12.7. The number of aromatic nitrogens is 2. The van der Waals surface area contributed by atoms with Gasteiger partial charge in [-0.15, -0.1) is 0 Å². The van der Waals surface area contributed by atoms with Crippen LogP contribution in [-0.2, 0) is 11.3 Å². The number of hydrogen-bond acceptors (Lipinski definition) is 4. The van der Waals surface area contributed by atoms with Crippen LogP contribution in [0.15, 0.2) is 28.2 Å². The van der Waals surface area contributed by atoms with E-state index in [2.05, 4.69) is 4.98 Å². The number of thioether (sulfide) groups is 1. The molecule has 0 unspecified atom stereocenters. The third kappa shape index (κ3) is 5.16. The Morgan fingerprint density at radius 1 is 1.38 bits per heavy atom. The summed E-state index contributed by atoms with van der Waals surface area (Å²) in [5, 5.41) is 1.15. The van der Waals surface area contributed by atoms with Crippen LogP contribution in [0.5, 0.6) is 0 Å². The Morgan fingerprint density at radius 3 is 2.79 bits per heavy atom. The van der Waals surface area contributed by atoms with Crippen molar-refractivity contribution in [1.82, 2.24) is 9.55 Å². The lowest BCUT2D eigenvalue weighted by Crippen LogP contribution is -2.24. The summed E-state index contributed by atoms with van der Waals surface area (Å²) >= 11 is 6.80. The first-order valence-corrected chi connectivity index (χ1v) is 8.97. The van der Waals surface area contributed by atoms with E-state index in [4.69, 9.17) is 16.3 Å². The first-order chi connectivity index (χ1) is 11.4. The molecule has 1 aromatic carbocycles. The Morgan fingerprint density at radius 2 is 2.12 bits per heavy atom. The Hall–Kier alpha value is -1.18. The van der Waals surface area contributed by atoms with Crippen molar-refractivity contribution in [2.75, 3.05) is 12.4 Å². The molecule has 132 valence electrons. The molecule has 2 rings (SSSR count). The predicted molar refractivity (Wildman–Crippen MR) is 93.4 cm³/mol. The second-order valence-corrected chi connectivity index (χ2v) is 6.91. The van der Waals surface area contributed by atoms with Crippen LogP contribution in [0.25, 0.3) is 10.9 Å². The van der Waals surface area contributed by atoms with Gasteiger partial charge in [0.15, 0.2) is 5.16 Å². The SMILES string of the molecule is CC(C)OCCCn1c(SCC(F)F)nc2cc(Cl)ccc2c1=O. The van der Waals surface area contributed by atoms with E-state index >= 15 is 0 Å². The molecule has 0 spiro atoms. The van der Waals surface area contributed by atoms with Crippen molar-refractivity contribution in [2.24, 2.45) is 0 Å². The molecule has 0 fully saturated rings. The van der Waals surface area contributed by atoms with E-state index in [9.17, 15) is 13.6 Å². The number of ether oxygens (including phenoxy) is 1. The third-order valence-corrected chi connectivity index (χ3v) is 4.42. The Bertz CT molecular complexity index is 753. The number of fused-ring (bicyclic) bond motifs is 1. The van der Waals surface area contributed by atoms with Crippen molar-refractivity contribution in [3.05, 3.63) is 33.6 Å². The van der Waals surface area contributed by atoms with Gasteiger partial charge < -0.3 is 4.74 Å². The lowest BCUT2D eigenvalue weighted by atomic mass is 10.2. The number of alkyl halides is 2. The molecule has 0 saturated carbocycles. The largest absolute Gasteiger partial charge is 0.379 e. The van der Waals surface area contributed by atoms with Crippen LogP contribution in [0.4, 0.5) is 8.78 Å². The van der Waals surface area contributed by atoms with Crippen LogP contribution < -0.4 is 5.56 Å². The minimum Gasteiger partial charge on any atom is -0.379 e. The zero-order valence-corrected chi connectivity index (χ0v) is 15.0. The summed E-state index contributed by atoms with van der Waals surface area (Å²) in [4.78, 5) is 17.0. The van der Waals surface area contributed by atoms with Gasteiger partial charge in [0.1, 0.15) is 0 Å². The predicted octanol–water partition coefficient (Wildman–Crippen LogP) is 4.22. The molecule has 24 heavy (non-hydrogen) atoms. The Balaban J connectivity index is 2.33. The molecule has 2 aromatic rings. The van der Waals surface area contributed by atoms with Gasteiger partial charge in [-0.05, 0) is 38.5 Å². The van der Waals surface area contributed by atoms with Gasteiger partial charge in [0, 0.05) is 18.2 Å². The summed E-state index contributed by atoms with van der Waals surface area (Å²) < 4.78 is 32.0. The molecule has 0 radical (unpaired) electrons. The minimum absolute atomic E-state index is 0.103. The quantitative estimate of drug-likeness (QED) is 0.393. The monoisotopic (exact) mass is 376 g/mol. The van der Waals surface area contributed by atoms with Gasteiger partial charge in [-0.3, -0.25) is 9.36 Å². The molecule has 0 aliphatic carbocycles. The zero-order valence-electron chi connectivity index (χ0n) is 13.5. The molecule has 1 aromatic heterocycles. The van der Waals surface area contributed by atoms with Crippen molar-refractivity contribution in [3.63, 3.8) is 0 Å². The molecular weight excluding hydrogens is 358 g/mol. The van der Waals surface area contributed by atoms with E-state index in [1.165, 1.54) is 4.57 Å². The summed E-state index contributed by atoms with van der Waals surface area (Å²) in [5.74, 6) is -0.416. The fourth-order valence-corrected chi connectivity index (χ4v) is 3.09. The zero-order chi connectivity index (χ0) is 17.7. The number of rotatable bonds is 8.